The van der Waals surface area contributed by atoms with Crippen LogP contribution in [0.5, 0.6) is 5.75 Å². The van der Waals surface area contributed by atoms with Gasteiger partial charge in [-0.15, -0.1) is 0 Å². The normalized spacial score (nSPS) is 10.3. The minimum atomic E-state index is -1.07. The first kappa shape index (κ1) is 15.6. The van der Waals surface area contributed by atoms with Crippen LogP contribution in [0.2, 0.25) is 0 Å². The maximum absolute atomic E-state index is 12.4. The van der Waals surface area contributed by atoms with Gasteiger partial charge >= 0.3 is 5.97 Å². The maximum atomic E-state index is 12.4. The Bertz CT molecular complexity index is 677. The lowest BCUT2D eigenvalue weighted by molar-refractivity contribution is -0.139. The van der Waals surface area contributed by atoms with Crippen LogP contribution >= 0.6 is 0 Å². The van der Waals surface area contributed by atoms with Crippen LogP contribution in [0.1, 0.15) is 21.7 Å². The van der Waals surface area contributed by atoms with E-state index in [0.29, 0.717) is 17.9 Å². The summed E-state index contributed by atoms with van der Waals surface area (Å²) in [6, 6.07) is 8.28. The average Bonchev–Trinajstić information content (AvgIpc) is 2.90. The van der Waals surface area contributed by atoms with E-state index >= 15 is 0 Å². The molecule has 1 heterocycles. The van der Waals surface area contributed by atoms with Crippen molar-refractivity contribution in [2.75, 3.05) is 13.7 Å². The molecule has 1 aromatic heterocycles. The summed E-state index contributed by atoms with van der Waals surface area (Å²) < 4.78 is 10.3. The topological polar surface area (TPSA) is 80.0 Å². The number of hydrogen-bond acceptors (Lipinski definition) is 4. The molecule has 22 heavy (non-hydrogen) atoms. The SMILES string of the molecule is Cc1occc1CN(C)C(=O)c1cccc(OCC(=O)O)c1. The fraction of sp³-hybridized carbons (Fsp3) is 0.250. The van der Waals surface area contributed by atoms with Gasteiger partial charge in [0.25, 0.3) is 5.91 Å². The second kappa shape index (κ2) is 6.80. The summed E-state index contributed by atoms with van der Waals surface area (Å²) in [4.78, 5) is 24.5. The summed E-state index contributed by atoms with van der Waals surface area (Å²) in [6.45, 7) is 1.83. The number of amides is 1. The smallest absolute Gasteiger partial charge is 0.341 e. The van der Waals surface area contributed by atoms with E-state index in [1.165, 1.54) is 6.07 Å². The zero-order chi connectivity index (χ0) is 16.1. The summed E-state index contributed by atoms with van der Waals surface area (Å²) >= 11 is 0. The number of hydrogen-bond donors (Lipinski definition) is 1. The third kappa shape index (κ3) is 3.88. The molecule has 0 aliphatic heterocycles. The molecule has 1 amide bonds. The van der Waals surface area contributed by atoms with Crippen LogP contribution in [0.15, 0.2) is 41.0 Å². The van der Waals surface area contributed by atoms with Crippen molar-refractivity contribution in [3.8, 4) is 5.75 Å². The monoisotopic (exact) mass is 303 g/mol. The standard InChI is InChI=1S/C16H17NO5/c1-11-13(6-7-21-11)9-17(2)16(20)12-4-3-5-14(8-12)22-10-15(18)19/h3-8H,9-10H2,1-2H3,(H,18,19). The van der Waals surface area contributed by atoms with Gasteiger partial charge in [0.05, 0.1) is 6.26 Å². The molecule has 6 nitrogen and oxygen atoms in total. The van der Waals surface area contributed by atoms with Crippen molar-refractivity contribution >= 4 is 11.9 Å². The lowest BCUT2D eigenvalue weighted by Gasteiger charge is -2.17. The molecule has 0 aliphatic rings. The number of benzene rings is 1. The highest BCUT2D eigenvalue weighted by Gasteiger charge is 2.14. The van der Waals surface area contributed by atoms with Gasteiger partial charge in [-0.1, -0.05) is 6.07 Å². The van der Waals surface area contributed by atoms with Crippen LogP contribution < -0.4 is 4.74 Å². The van der Waals surface area contributed by atoms with Gasteiger partial charge in [0, 0.05) is 24.7 Å². The predicted octanol–water partition coefficient (Wildman–Crippen LogP) is 2.32. The molecule has 0 fully saturated rings. The first-order valence-corrected chi connectivity index (χ1v) is 6.70. The van der Waals surface area contributed by atoms with Crippen molar-refractivity contribution in [1.29, 1.82) is 0 Å². The number of ether oxygens (including phenoxy) is 1. The van der Waals surface area contributed by atoms with E-state index in [9.17, 15) is 9.59 Å². The van der Waals surface area contributed by atoms with Crippen LogP contribution in [0.4, 0.5) is 0 Å². The van der Waals surface area contributed by atoms with Crippen molar-refractivity contribution in [2.45, 2.75) is 13.5 Å². The molecule has 0 radical (unpaired) electrons. The Kier molecular flexibility index (Phi) is 4.83. The van der Waals surface area contributed by atoms with E-state index in [1.54, 1.807) is 36.4 Å². The third-order valence-corrected chi connectivity index (χ3v) is 3.16. The van der Waals surface area contributed by atoms with Gasteiger partial charge in [0.15, 0.2) is 6.61 Å². The molecular formula is C16H17NO5. The number of aryl methyl sites for hydroxylation is 1. The number of rotatable bonds is 6. The Morgan fingerprint density at radius 1 is 1.32 bits per heavy atom. The fourth-order valence-corrected chi connectivity index (χ4v) is 1.99. The number of carboxylic acid groups (broad SMARTS) is 1. The molecule has 2 aromatic rings. The zero-order valence-corrected chi connectivity index (χ0v) is 12.4. The quantitative estimate of drug-likeness (QED) is 0.886. The Labute approximate surface area is 127 Å². The van der Waals surface area contributed by atoms with Crippen molar-refractivity contribution in [3.63, 3.8) is 0 Å². The minimum Gasteiger partial charge on any atom is -0.482 e. The number of carbonyl (C=O) groups is 2. The Balaban J connectivity index is 2.06. The van der Waals surface area contributed by atoms with Crippen LogP contribution in [0.3, 0.4) is 0 Å². The van der Waals surface area contributed by atoms with Crippen molar-refractivity contribution in [2.24, 2.45) is 0 Å². The zero-order valence-electron chi connectivity index (χ0n) is 12.4. The van der Waals surface area contributed by atoms with Gasteiger partial charge in [-0.25, -0.2) is 4.79 Å². The number of carboxylic acids is 1. The predicted molar refractivity (Wildman–Crippen MR) is 78.8 cm³/mol. The van der Waals surface area contributed by atoms with E-state index in [1.807, 2.05) is 13.0 Å². The summed E-state index contributed by atoms with van der Waals surface area (Å²) in [6.07, 6.45) is 1.59. The van der Waals surface area contributed by atoms with Gasteiger partial charge in [0.1, 0.15) is 11.5 Å². The van der Waals surface area contributed by atoms with E-state index < -0.39 is 12.6 Å². The van der Waals surface area contributed by atoms with Gasteiger partial charge < -0.3 is 19.2 Å². The van der Waals surface area contributed by atoms with Gasteiger partial charge in [-0.2, -0.15) is 0 Å². The number of aliphatic carboxylic acids is 1. The molecule has 6 heteroatoms. The molecule has 0 saturated carbocycles. The third-order valence-electron chi connectivity index (χ3n) is 3.16. The minimum absolute atomic E-state index is 0.179. The lowest BCUT2D eigenvalue weighted by atomic mass is 10.1. The van der Waals surface area contributed by atoms with Gasteiger partial charge in [0.2, 0.25) is 0 Å². The number of furan rings is 1. The van der Waals surface area contributed by atoms with E-state index in [2.05, 4.69) is 0 Å². The Morgan fingerprint density at radius 2 is 2.09 bits per heavy atom. The molecule has 1 N–H and O–H groups in total. The highest BCUT2D eigenvalue weighted by atomic mass is 16.5. The molecule has 116 valence electrons. The Hall–Kier alpha value is -2.76. The maximum Gasteiger partial charge on any atom is 0.341 e. The first-order valence-electron chi connectivity index (χ1n) is 6.70. The van der Waals surface area contributed by atoms with Crippen molar-refractivity contribution in [1.82, 2.24) is 4.90 Å². The first-order chi connectivity index (χ1) is 10.5. The molecule has 0 unspecified atom stereocenters. The number of carbonyl (C=O) groups excluding carboxylic acids is 1. The second-order valence-electron chi connectivity index (χ2n) is 4.87. The summed E-state index contributed by atoms with van der Waals surface area (Å²) in [7, 11) is 1.69. The fourth-order valence-electron chi connectivity index (χ4n) is 1.99. The highest BCUT2D eigenvalue weighted by molar-refractivity contribution is 5.94. The lowest BCUT2D eigenvalue weighted by Crippen LogP contribution is -2.26. The molecule has 1 aromatic carbocycles. The van der Waals surface area contributed by atoms with Crippen LogP contribution in [-0.2, 0) is 11.3 Å². The second-order valence-corrected chi connectivity index (χ2v) is 4.87. The van der Waals surface area contributed by atoms with Crippen LogP contribution in [-0.4, -0.2) is 35.5 Å². The molecular weight excluding hydrogens is 286 g/mol. The Morgan fingerprint density at radius 3 is 2.73 bits per heavy atom. The molecule has 0 atom stereocenters. The van der Waals surface area contributed by atoms with E-state index in [0.717, 1.165) is 11.3 Å². The molecule has 0 aliphatic carbocycles. The van der Waals surface area contributed by atoms with Crippen LogP contribution in [0, 0.1) is 6.92 Å². The average molecular weight is 303 g/mol. The number of nitrogens with zero attached hydrogens (tertiary/aromatic N) is 1. The van der Waals surface area contributed by atoms with Crippen LogP contribution in [0.25, 0.3) is 0 Å². The van der Waals surface area contributed by atoms with Gasteiger partial charge in [-0.05, 0) is 31.2 Å². The summed E-state index contributed by atoms with van der Waals surface area (Å²) in [5.74, 6) is -0.120. The van der Waals surface area contributed by atoms with E-state index in [-0.39, 0.29) is 5.91 Å². The molecule has 0 bridgehead atoms. The van der Waals surface area contributed by atoms with E-state index in [4.69, 9.17) is 14.3 Å². The van der Waals surface area contributed by atoms with Gasteiger partial charge in [-0.3, -0.25) is 4.79 Å². The molecule has 0 spiro atoms. The largest absolute Gasteiger partial charge is 0.482 e. The van der Waals surface area contributed by atoms with Crippen molar-refractivity contribution < 1.29 is 23.8 Å². The highest BCUT2D eigenvalue weighted by Crippen LogP contribution is 2.17. The summed E-state index contributed by atoms with van der Waals surface area (Å²) in [5, 5.41) is 8.60. The summed E-state index contributed by atoms with van der Waals surface area (Å²) in [5.41, 5.74) is 1.38. The van der Waals surface area contributed by atoms with Crippen molar-refractivity contribution in [3.05, 3.63) is 53.5 Å². The molecule has 2 rings (SSSR count). The molecule has 0 saturated heterocycles.